The summed E-state index contributed by atoms with van der Waals surface area (Å²) in [6.07, 6.45) is -6.11. The number of para-hydroxylation sites is 1. The lowest BCUT2D eigenvalue weighted by Crippen LogP contribution is -2.65. The van der Waals surface area contributed by atoms with Gasteiger partial charge in [-0.25, -0.2) is 0 Å². The molecule has 0 bridgehead atoms. The number of aromatic nitrogens is 1. The quantitative estimate of drug-likeness (QED) is 0.409. The molecule has 226 valence electrons. The molecular formula is C30H32F6N4O2. The molecule has 3 aliphatic heterocycles. The number of rotatable bonds is 4. The number of piperidine rings is 1. The third-order valence-electron chi connectivity index (χ3n) is 8.88. The van der Waals surface area contributed by atoms with Crippen molar-refractivity contribution in [3.05, 3.63) is 70.9 Å². The van der Waals surface area contributed by atoms with Crippen LogP contribution in [0.25, 0.3) is 10.9 Å². The van der Waals surface area contributed by atoms with Crippen LogP contribution < -0.4 is 0 Å². The summed E-state index contributed by atoms with van der Waals surface area (Å²) in [6, 6.07) is 8.69. The molecule has 0 aliphatic carbocycles. The minimum absolute atomic E-state index is 0.0293. The Morgan fingerprint density at radius 3 is 2.17 bits per heavy atom. The predicted molar refractivity (Wildman–Crippen MR) is 144 cm³/mol. The summed E-state index contributed by atoms with van der Waals surface area (Å²) in [7, 11) is 0. The van der Waals surface area contributed by atoms with Crippen LogP contribution >= 0.6 is 0 Å². The largest absolute Gasteiger partial charge is 0.416 e. The maximum absolute atomic E-state index is 13.9. The molecule has 12 heteroatoms. The van der Waals surface area contributed by atoms with Crippen molar-refractivity contribution < 1.29 is 35.9 Å². The van der Waals surface area contributed by atoms with Crippen LogP contribution in [0, 0.1) is 0 Å². The van der Waals surface area contributed by atoms with Crippen molar-refractivity contribution in [2.75, 3.05) is 45.9 Å². The maximum atomic E-state index is 13.9. The van der Waals surface area contributed by atoms with Gasteiger partial charge in [-0.15, -0.1) is 0 Å². The number of carbonyl (C=O) groups excluding carboxylic acids is 1. The lowest BCUT2D eigenvalue weighted by molar-refractivity contribution is -0.143. The van der Waals surface area contributed by atoms with Crippen LogP contribution in [0.15, 0.2) is 48.7 Å². The highest BCUT2D eigenvalue weighted by atomic mass is 19.4. The summed E-state index contributed by atoms with van der Waals surface area (Å²) in [4.78, 5) is 23.4. The number of hydrogen-bond donors (Lipinski definition) is 1. The number of piperazine rings is 1. The van der Waals surface area contributed by atoms with E-state index in [-0.39, 0.29) is 18.7 Å². The van der Waals surface area contributed by atoms with Crippen LogP contribution in [-0.4, -0.2) is 89.7 Å². The number of amides is 1. The van der Waals surface area contributed by atoms with Crippen molar-refractivity contribution in [1.82, 2.24) is 19.7 Å². The molecule has 1 aromatic heterocycles. The van der Waals surface area contributed by atoms with E-state index >= 15 is 0 Å². The highest BCUT2D eigenvalue weighted by Crippen LogP contribution is 2.37. The second-order valence-corrected chi connectivity index (χ2v) is 11.5. The van der Waals surface area contributed by atoms with Gasteiger partial charge in [-0.2, -0.15) is 26.3 Å². The number of fused-ring (bicyclic) bond motifs is 2. The highest BCUT2D eigenvalue weighted by Gasteiger charge is 2.43. The second kappa shape index (κ2) is 11.2. The highest BCUT2D eigenvalue weighted by molar-refractivity contribution is 5.95. The van der Waals surface area contributed by atoms with Gasteiger partial charge < -0.3 is 14.6 Å². The van der Waals surface area contributed by atoms with Crippen molar-refractivity contribution in [3.63, 3.8) is 0 Å². The second-order valence-electron chi connectivity index (χ2n) is 11.5. The van der Waals surface area contributed by atoms with Gasteiger partial charge in [0.05, 0.1) is 24.3 Å². The minimum Gasteiger partial charge on any atom is -0.379 e. The van der Waals surface area contributed by atoms with Crippen molar-refractivity contribution in [2.24, 2.45) is 0 Å². The zero-order valence-corrected chi connectivity index (χ0v) is 22.8. The number of nitrogens with zero attached hydrogens (tertiary/aromatic N) is 3. The fourth-order valence-corrected chi connectivity index (χ4v) is 6.72. The summed E-state index contributed by atoms with van der Waals surface area (Å²) >= 11 is 0. The molecule has 3 saturated heterocycles. The lowest BCUT2D eigenvalue weighted by atomic mass is 9.90. The number of ether oxygens (including phenoxy) is 1. The first-order chi connectivity index (χ1) is 20.0. The van der Waals surface area contributed by atoms with Crippen molar-refractivity contribution in [3.8, 4) is 0 Å². The van der Waals surface area contributed by atoms with Gasteiger partial charge in [0.25, 0.3) is 5.91 Å². The van der Waals surface area contributed by atoms with Crippen LogP contribution in [0.1, 0.15) is 39.9 Å². The SMILES string of the molecule is O=C(c1cc(C(F)(F)F)cc(C(F)(F)F)c1)N1C[C@H]2CC[C@H](N3CCOCC3)CN2C[C@H]1Cc1c[nH]c2ccccc12. The molecule has 0 radical (unpaired) electrons. The molecule has 2 aromatic carbocycles. The summed E-state index contributed by atoms with van der Waals surface area (Å²) in [6.45, 7) is 4.57. The summed E-state index contributed by atoms with van der Waals surface area (Å²) in [5, 5.41) is 0.968. The van der Waals surface area contributed by atoms with E-state index in [4.69, 9.17) is 4.74 Å². The average Bonchev–Trinajstić information content (AvgIpc) is 3.38. The number of benzene rings is 2. The third-order valence-corrected chi connectivity index (χ3v) is 8.88. The normalized spacial score (nSPS) is 24.6. The van der Waals surface area contributed by atoms with E-state index in [1.54, 1.807) is 0 Å². The Bertz CT molecular complexity index is 1400. The van der Waals surface area contributed by atoms with E-state index in [9.17, 15) is 31.1 Å². The van der Waals surface area contributed by atoms with Crippen molar-refractivity contribution in [1.29, 1.82) is 0 Å². The minimum atomic E-state index is -5.03. The number of halogens is 6. The molecule has 42 heavy (non-hydrogen) atoms. The lowest BCUT2D eigenvalue weighted by Gasteiger charge is -2.52. The Hall–Kier alpha value is -3.09. The van der Waals surface area contributed by atoms with Gasteiger partial charge >= 0.3 is 12.4 Å². The van der Waals surface area contributed by atoms with Crippen LogP contribution in [0.3, 0.4) is 0 Å². The molecule has 6 rings (SSSR count). The number of nitrogens with one attached hydrogen (secondary N) is 1. The zero-order valence-electron chi connectivity index (χ0n) is 22.8. The zero-order chi connectivity index (χ0) is 29.6. The molecule has 6 nitrogen and oxygen atoms in total. The molecule has 1 amide bonds. The Morgan fingerprint density at radius 1 is 0.857 bits per heavy atom. The molecule has 3 atom stereocenters. The number of morpholine rings is 1. The Kier molecular flexibility index (Phi) is 7.73. The van der Waals surface area contributed by atoms with Crippen LogP contribution in [-0.2, 0) is 23.5 Å². The Balaban J connectivity index is 1.32. The van der Waals surface area contributed by atoms with Crippen LogP contribution in [0.4, 0.5) is 26.3 Å². The van der Waals surface area contributed by atoms with Crippen LogP contribution in [0.5, 0.6) is 0 Å². The Morgan fingerprint density at radius 2 is 1.50 bits per heavy atom. The Labute approximate surface area is 239 Å². The first kappa shape index (κ1) is 29.0. The van der Waals surface area contributed by atoms with Gasteiger partial charge in [-0.05, 0) is 49.1 Å². The van der Waals surface area contributed by atoms with Gasteiger partial charge in [0.2, 0.25) is 0 Å². The predicted octanol–water partition coefficient (Wildman–Crippen LogP) is 5.44. The molecule has 3 aromatic rings. The molecule has 0 spiro atoms. The first-order valence-electron chi connectivity index (χ1n) is 14.2. The van der Waals surface area contributed by atoms with E-state index in [1.807, 2.05) is 30.5 Å². The molecule has 4 heterocycles. The summed E-state index contributed by atoms with van der Waals surface area (Å²) in [5.74, 6) is -0.814. The monoisotopic (exact) mass is 594 g/mol. The molecule has 3 fully saturated rings. The number of hydrogen-bond acceptors (Lipinski definition) is 4. The van der Waals surface area contributed by atoms with E-state index < -0.39 is 41.0 Å². The fourth-order valence-electron chi connectivity index (χ4n) is 6.72. The standard InChI is InChI=1S/C30H32F6N4O2/c31-29(32,33)21-11-19(12-22(14-21)30(34,35)36)28(41)40-18-24-6-5-23(38-7-9-42-10-8-38)16-39(24)17-25(40)13-20-15-37-27-4-2-1-3-26(20)27/h1-4,11-12,14-15,23-25,37H,5-10,13,16-18H2/t23-,24+,25+/m0/s1. The van der Waals surface area contributed by atoms with Crippen LogP contribution in [0.2, 0.25) is 0 Å². The number of aromatic amines is 1. The number of H-pyrrole nitrogens is 1. The molecule has 0 saturated carbocycles. The van der Waals surface area contributed by atoms with Crippen molar-refractivity contribution in [2.45, 2.75) is 49.7 Å². The van der Waals surface area contributed by atoms with Crippen molar-refractivity contribution >= 4 is 16.8 Å². The van der Waals surface area contributed by atoms with Gasteiger partial charge in [-0.3, -0.25) is 14.6 Å². The summed E-state index contributed by atoms with van der Waals surface area (Å²) < 4.78 is 87.2. The fraction of sp³-hybridized carbons (Fsp3) is 0.500. The number of carbonyl (C=O) groups is 1. The average molecular weight is 595 g/mol. The van der Waals surface area contributed by atoms with E-state index in [2.05, 4.69) is 14.8 Å². The van der Waals surface area contributed by atoms with E-state index in [1.165, 1.54) is 4.90 Å². The van der Waals surface area contributed by atoms with E-state index in [0.29, 0.717) is 44.4 Å². The first-order valence-corrected chi connectivity index (χ1v) is 14.2. The number of alkyl halides is 6. The van der Waals surface area contributed by atoms with Gasteiger partial charge in [-0.1, -0.05) is 18.2 Å². The topological polar surface area (TPSA) is 51.8 Å². The molecular weight excluding hydrogens is 562 g/mol. The smallest absolute Gasteiger partial charge is 0.379 e. The maximum Gasteiger partial charge on any atom is 0.416 e. The molecule has 1 N–H and O–H groups in total. The summed E-state index contributed by atoms with van der Waals surface area (Å²) in [5.41, 5.74) is -1.72. The van der Waals surface area contributed by atoms with Gasteiger partial charge in [0, 0.05) is 73.5 Å². The van der Waals surface area contributed by atoms with Gasteiger partial charge in [0.1, 0.15) is 0 Å². The molecule has 3 aliphatic rings. The third kappa shape index (κ3) is 5.89. The van der Waals surface area contributed by atoms with Gasteiger partial charge in [0.15, 0.2) is 0 Å². The van der Waals surface area contributed by atoms with E-state index in [0.717, 1.165) is 48.9 Å². The molecule has 0 unspecified atom stereocenters.